The van der Waals surface area contributed by atoms with Gasteiger partial charge in [-0.15, -0.1) is 34.2 Å². The van der Waals surface area contributed by atoms with Crippen molar-refractivity contribution >= 4 is 29.9 Å². The van der Waals surface area contributed by atoms with Crippen LogP contribution >= 0.6 is 24.0 Å². The monoisotopic (exact) mass is 522 g/mol. The lowest BCUT2D eigenvalue weighted by Crippen LogP contribution is -2.44. The highest BCUT2D eigenvalue weighted by molar-refractivity contribution is 14.0. The second-order valence-corrected chi connectivity index (χ2v) is 8.40. The SMILES string of the molecule is CCNC(=NCc1nnc2n1CCCCC2)NCC1(c2ccccc2)CCCC1.I. The van der Waals surface area contributed by atoms with Gasteiger partial charge < -0.3 is 15.2 Å². The molecule has 0 atom stereocenters. The number of hydrogen-bond acceptors (Lipinski definition) is 3. The number of hydrogen-bond donors (Lipinski definition) is 2. The van der Waals surface area contributed by atoms with Gasteiger partial charge in [0, 0.05) is 31.5 Å². The zero-order valence-corrected chi connectivity index (χ0v) is 20.4. The minimum absolute atomic E-state index is 0. The molecule has 6 nitrogen and oxygen atoms in total. The van der Waals surface area contributed by atoms with Crippen LogP contribution in [0.4, 0.5) is 0 Å². The summed E-state index contributed by atoms with van der Waals surface area (Å²) in [7, 11) is 0. The smallest absolute Gasteiger partial charge is 0.191 e. The lowest BCUT2D eigenvalue weighted by Gasteiger charge is -2.30. The van der Waals surface area contributed by atoms with Crippen LogP contribution in [0, 0.1) is 0 Å². The van der Waals surface area contributed by atoms with Gasteiger partial charge in [-0.1, -0.05) is 49.6 Å². The number of benzene rings is 1. The third kappa shape index (κ3) is 5.34. The van der Waals surface area contributed by atoms with E-state index in [1.807, 2.05) is 0 Å². The second-order valence-electron chi connectivity index (χ2n) is 8.40. The van der Waals surface area contributed by atoms with Crippen LogP contribution in [0.15, 0.2) is 35.3 Å². The van der Waals surface area contributed by atoms with E-state index in [4.69, 9.17) is 4.99 Å². The fourth-order valence-electron chi connectivity index (χ4n) is 4.82. The number of fused-ring (bicyclic) bond motifs is 1. The van der Waals surface area contributed by atoms with Gasteiger partial charge in [-0.3, -0.25) is 0 Å². The van der Waals surface area contributed by atoms with Crippen LogP contribution < -0.4 is 10.6 Å². The van der Waals surface area contributed by atoms with Gasteiger partial charge in [-0.25, -0.2) is 4.99 Å². The summed E-state index contributed by atoms with van der Waals surface area (Å²) in [4.78, 5) is 4.85. The molecule has 1 saturated carbocycles. The predicted octanol–water partition coefficient (Wildman–Crippen LogP) is 4.19. The van der Waals surface area contributed by atoms with E-state index in [-0.39, 0.29) is 29.4 Å². The number of nitrogens with zero attached hydrogens (tertiary/aromatic N) is 4. The van der Waals surface area contributed by atoms with Crippen molar-refractivity contribution in [3.8, 4) is 0 Å². The van der Waals surface area contributed by atoms with E-state index in [0.717, 1.165) is 43.7 Å². The Hall–Kier alpha value is -1.64. The third-order valence-electron chi connectivity index (χ3n) is 6.45. The maximum absolute atomic E-state index is 4.85. The average Bonchev–Trinajstić information content (AvgIpc) is 3.32. The largest absolute Gasteiger partial charge is 0.357 e. The molecule has 7 heteroatoms. The lowest BCUT2D eigenvalue weighted by atomic mass is 9.79. The van der Waals surface area contributed by atoms with Gasteiger partial charge in [-0.2, -0.15) is 0 Å². The molecule has 1 aromatic carbocycles. The van der Waals surface area contributed by atoms with Gasteiger partial charge in [0.1, 0.15) is 12.4 Å². The fourth-order valence-corrected chi connectivity index (χ4v) is 4.82. The number of aliphatic imine (C=N–C) groups is 1. The molecule has 2 aliphatic rings. The molecule has 0 amide bonds. The van der Waals surface area contributed by atoms with Crippen molar-refractivity contribution in [1.82, 2.24) is 25.4 Å². The Bertz CT molecular complexity index is 810. The third-order valence-corrected chi connectivity index (χ3v) is 6.45. The Morgan fingerprint density at radius 2 is 1.83 bits per heavy atom. The molecule has 0 spiro atoms. The minimum atomic E-state index is 0. The summed E-state index contributed by atoms with van der Waals surface area (Å²) in [6.07, 6.45) is 9.81. The van der Waals surface area contributed by atoms with Crippen molar-refractivity contribution < 1.29 is 0 Å². The fraction of sp³-hybridized carbons (Fsp3) is 0.609. The number of aromatic nitrogens is 3. The molecule has 0 unspecified atom stereocenters. The van der Waals surface area contributed by atoms with Crippen LogP contribution in [-0.2, 0) is 24.9 Å². The summed E-state index contributed by atoms with van der Waals surface area (Å²) < 4.78 is 2.28. The molecule has 2 N–H and O–H groups in total. The van der Waals surface area contributed by atoms with Crippen molar-refractivity contribution in [3.05, 3.63) is 47.5 Å². The number of nitrogens with one attached hydrogen (secondary N) is 2. The number of aryl methyl sites for hydroxylation is 1. The van der Waals surface area contributed by atoms with E-state index in [2.05, 4.69) is 62.7 Å². The van der Waals surface area contributed by atoms with Crippen LogP contribution in [0.5, 0.6) is 0 Å². The molecule has 0 bridgehead atoms. The maximum atomic E-state index is 4.85. The molecule has 2 aromatic rings. The molecular weight excluding hydrogens is 487 g/mol. The van der Waals surface area contributed by atoms with Gasteiger partial charge in [0.15, 0.2) is 11.8 Å². The molecule has 0 saturated heterocycles. The Balaban J connectivity index is 0.00000256. The standard InChI is InChI=1S/C23H34N6.HI/c1-2-24-22(25-17-21-28-27-20-13-7-4-10-16-29(20)21)26-18-23(14-8-9-15-23)19-11-5-3-6-12-19;/h3,5-6,11-12H,2,4,7-10,13-18H2,1H3,(H2,24,25,26);1H. The first kappa shape index (κ1) is 23.0. The summed E-state index contributed by atoms with van der Waals surface area (Å²) in [5.41, 5.74) is 1.66. The zero-order valence-electron chi connectivity index (χ0n) is 18.1. The minimum Gasteiger partial charge on any atom is -0.357 e. The first-order valence-electron chi connectivity index (χ1n) is 11.3. The lowest BCUT2D eigenvalue weighted by molar-refractivity contribution is 0.431. The molecule has 164 valence electrons. The highest BCUT2D eigenvalue weighted by Crippen LogP contribution is 2.40. The maximum Gasteiger partial charge on any atom is 0.191 e. The van der Waals surface area contributed by atoms with Crippen LogP contribution in [0.2, 0.25) is 0 Å². The number of rotatable bonds is 6. The molecule has 2 heterocycles. The summed E-state index contributed by atoms with van der Waals surface area (Å²) in [5, 5.41) is 15.9. The van der Waals surface area contributed by atoms with Crippen LogP contribution in [0.25, 0.3) is 0 Å². The van der Waals surface area contributed by atoms with Crippen molar-refractivity contribution in [1.29, 1.82) is 0 Å². The zero-order chi connectivity index (χ0) is 19.9. The number of guanidine groups is 1. The Kier molecular flexibility index (Phi) is 8.53. The quantitative estimate of drug-likeness (QED) is 0.339. The summed E-state index contributed by atoms with van der Waals surface area (Å²) in [6, 6.07) is 11.0. The van der Waals surface area contributed by atoms with Crippen molar-refractivity contribution in [2.45, 2.75) is 76.8 Å². The van der Waals surface area contributed by atoms with E-state index in [1.54, 1.807) is 0 Å². The van der Waals surface area contributed by atoms with Gasteiger partial charge in [-0.05, 0) is 38.2 Å². The van der Waals surface area contributed by atoms with E-state index in [9.17, 15) is 0 Å². The van der Waals surface area contributed by atoms with Crippen LogP contribution in [0.3, 0.4) is 0 Å². The normalized spacial score (nSPS) is 18.2. The van der Waals surface area contributed by atoms with E-state index in [0.29, 0.717) is 6.54 Å². The average molecular weight is 522 g/mol. The van der Waals surface area contributed by atoms with E-state index >= 15 is 0 Å². The Morgan fingerprint density at radius 1 is 1.03 bits per heavy atom. The molecule has 1 fully saturated rings. The van der Waals surface area contributed by atoms with Gasteiger partial charge in [0.25, 0.3) is 0 Å². The molecule has 0 radical (unpaired) electrons. The van der Waals surface area contributed by atoms with Crippen molar-refractivity contribution in [3.63, 3.8) is 0 Å². The van der Waals surface area contributed by atoms with Crippen LogP contribution in [0.1, 0.15) is 69.1 Å². The molecule has 1 aliphatic carbocycles. The second kappa shape index (κ2) is 11.1. The molecule has 1 aromatic heterocycles. The van der Waals surface area contributed by atoms with Gasteiger partial charge in [0.05, 0.1) is 0 Å². The van der Waals surface area contributed by atoms with Gasteiger partial charge >= 0.3 is 0 Å². The predicted molar refractivity (Wildman–Crippen MR) is 132 cm³/mol. The van der Waals surface area contributed by atoms with E-state index < -0.39 is 0 Å². The summed E-state index contributed by atoms with van der Waals surface area (Å²) in [5.74, 6) is 2.98. The summed E-state index contributed by atoms with van der Waals surface area (Å²) in [6.45, 7) is 5.47. The van der Waals surface area contributed by atoms with E-state index in [1.165, 1.54) is 50.5 Å². The Labute approximate surface area is 197 Å². The van der Waals surface area contributed by atoms with Crippen molar-refractivity contribution in [2.24, 2.45) is 4.99 Å². The molecular formula is C23H35IN6. The highest BCUT2D eigenvalue weighted by Gasteiger charge is 2.35. The molecule has 1 aliphatic heterocycles. The topological polar surface area (TPSA) is 67.1 Å². The Morgan fingerprint density at radius 3 is 2.60 bits per heavy atom. The number of halogens is 1. The first-order chi connectivity index (χ1) is 14.3. The van der Waals surface area contributed by atoms with Crippen LogP contribution in [-0.4, -0.2) is 33.8 Å². The van der Waals surface area contributed by atoms with Gasteiger partial charge in [0.2, 0.25) is 0 Å². The summed E-state index contributed by atoms with van der Waals surface area (Å²) >= 11 is 0. The molecule has 30 heavy (non-hydrogen) atoms. The molecule has 4 rings (SSSR count). The van der Waals surface area contributed by atoms with Crippen molar-refractivity contribution in [2.75, 3.05) is 13.1 Å². The first-order valence-corrected chi connectivity index (χ1v) is 11.3. The highest BCUT2D eigenvalue weighted by atomic mass is 127.